The molecule has 1 nitrogen and oxygen atoms in total. The molecule has 0 radical (unpaired) electrons. The molecular formula is C18H22BrN. The molecule has 0 heterocycles. The molecule has 106 valence electrons. The van der Waals surface area contributed by atoms with Crippen LogP contribution in [0, 0.1) is 0 Å². The van der Waals surface area contributed by atoms with E-state index in [1.165, 1.54) is 11.1 Å². The number of rotatable bonds is 5. The lowest BCUT2D eigenvalue weighted by molar-refractivity contribution is 0.356. The third-order valence-electron chi connectivity index (χ3n) is 4.07. The molecule has 0 aliphatic rings. The van der Waals surface area contributed by atoms with Gasteiger partial charge in [-0.25, -0.2) is 0 Å². The van der Waals surface area contributed by atoms with Gasteiger partial charge in [-0.1, -0.05) is 72.2 Å². The summed E-state index contributed by atoms with van der Waals surface area (Å²) in [6, 6.07) is 19.7. The largest absolute Gasteiger partial charge is 0.316 e. The van der Waals surface area contributed by atoms with E-state index in [1.807, 2.05) is 7.05 Å². The standard InChI is InChI=1S/C18H22BrN/c1-18(2,15-9-5-4-6-10-15)17(20-3)13-14-8-7-11-16(19)12-14/h4-12,17,20H,13H2,1-3H3. The maximum Gasteiger partial charge on any atom is 0.0196 e. The van der Waals surface area contributed by atoms with Crippen molar-refractivity contribution in [2.45, 2.75) is 31.7 Å². The molecule has 20 heavy (non-hydrogen) atoms. The maximum atomic E-state index is 3.55. The molecule has 2 rings (SSSR count). The van der Waals surface area contributed by atoms with Gasteiger partial charge in [0.1, 0.15) is 0 Å². The molecule has 1 N–H and O–H groups in total. The van der Waals surface area contributed by atoms with Crippen LogP contribution in [-0.2, 0) is 11.8 Å². The van der Waals surface area contributed by atoms with Crippen LogP contribution in [0.5, 0.6) is 0 Å². The third-order valence-corrected chi connectivity index (χ3v) is 4.56. The van der Waals surface area contributed by atoms with Crippen LogP contribution in [0.2, 0.25) is 0 Å². The van der Waals surface area contributed by atoms with Gasteiger partial charge in [0, 0.05) is 15.9 Å². The molecule has 0 fully saturated rings. The van der Waals surface area contributed by atoms with Gasteiger partial charge < -0.3 is 5.32 Å². The highest BCUT2D eigenvalue weighted by atomic mass is 79.9. The molecule has 0 amide bonds. The molecule has 1 unspecified atom stereocenters. The Kier molecular flexibility index (Phi) is 5.00. The minimum Gasteiger partial charge on any atom is -0.316 e. The van der Waals surface area contributed by atoms with Crippen molar-refractivity contribution in [3.63, 3.8) is 0 Å². The lowest BCUT2D eigenvalue weighted by atomic mass is 9.75. The smallest absolute Gasteiger partial charge is 0.0196 e. The van der Waals surface area contributed by atoms with E-state index in [1.54, 1.807) is 0 Å². The topological polar surface area (TPSA) is 12.0 Å². The Morgan fingerprint density at radius 3 is 2.35 bits per heavy atom. The molecule has 0 saturated heterocycles. The summed E-state index contributed by atoms with van der Waals surface area (Å²) in [7, 11) is 2.05. The van der Waals surface area contributed by atoms with Crippen molar-refractivity contribution >= 4 is 15.9 Å². The van der Waals surface area contributed by atoms with Gasteiger partial charge >= 0.3 is 0 Å². The van der Waals surface area contributed by atoms with Crippen molar-refractivity contribution in [2.75, 3.05) is 7.05 Å². The summed E-state index contributed by atoms with van der Waals surface area (Å²) in [5.41, 5.74) is 2.80. The van der Waals surface area contributed by atoms with Crippen molar-refractivity contribution in [1.82, 2.24) is 5.32 Å². The van der Waals surface area contributed by atoms with E-state index in [2.05, 4.69) is 89.7 Å². The fourth-order valence-corrected chi connectivity index (χ4v) is 3.13. The monoisotopic (exact) mass is 331 g/mol. The average Bonchev–Trinajstić information content (AvgIpc) is 2.45. The molecule has 1 atom stereocenters. The molecular weight excluding hydrogens is 310 g/mol. The summed E-state index contributed by atoms with van der Waals surface area (Å²) in [6.45, 7) is 4.61. The number of likely N-dealkylation sites (N-methyl/N-ethyl adjacent to an activating group) is 1. The maximum absolute atomic E-state index is 3.55. The second-order valence-electron chi connectivity index (χ2n) is 5.76. The predicted octanol–water partition coefficient (Wildman–Crippen LogP) is 4.56. The Bertz CT molecular complexity index is 548. The first-order valence-corrected chi connectivity index (χ1v) is 7.80. The Morgan fingerprint density at radius 2 is 1.75 bits per heavy atom. The van der Waals surface area contributed by atoms with Crippen molar-refractivity contribution in [3.8, 4) is 0 Å². The normalized spacial score (nSPS) is 13.2. The van der Waals surface area contributed by atoms with Gasteiger partial charge in [0.25, 0.3) is 0 Å². The summed E-state index contributed by atoms with van der Waals surface area (Å²) in [6.07, 6.45) is 1.01. The van der Waals surface area contributed by atoms with Crippen molar-refractivity contribution < 1.29 is 0 Å². The van der Waals surface area contributed by atoms with E-state index in [0.717, 1.165) is 10.9 Å². The Balaban J connectivity index is 2.23. The van der Waals surface area contributed by atoms with Gasteiger partial charge in [-0.05, 0) is 36.7 Å². The van der Waals surface area contributed by atoms with E-state index in [9.17, 15) is 0 Å². The van der Waals surface area contributed by atoms with E-state index in [-0.39, 0.29) is 5.41 Å². The first-order valence-electron chi connectivity index (χ1n) is 7.01. The van der Waals surface area contributed by atoms with Crippen LogP contribution in [0.25, 0.3) is 0 Å². The number of hydrogen-bond donors (Lipinski definition) is 1. The van der Waals surface area contributed by atoms with Gasteiger partial charge in [0.15, 0.2) is 0 Å². The number of halogens is 1. The zero-order chi connectivity index (χ0) is 14.6. The van der Waals surface area contributed by atoms with E-state index < -0.39 is 0 Å². The highest BCUT2D eigenvalue weighted by Gasteiger charge is 2.30. The van der Waals surface area contributed by atoms with E-state index in [4.69, 9.17) is 0 Å². The first-order chi connectivity index (χ1) is 9.54. The van der Waals surface area contributed by atoms with Gasteiger partial charge in [0.2, 0.25) is 0 Å². The molecule has 0 aromatic heterocycles. The Hall–Kier alpha value is -1.12. The highest BCUT2D eigenvalue weighted by molar-refractivity contribution is 9.10. The summed E-state index contributed by atoms with van der Waals surface area (Å²) in [4.78, 5) is 0. The second kappa shape index (κ2) is 6.55. The second-order valence-corrected chi connectivity index (χ2v) is 6.68. The Labute approximate surface area is 130 Å². The number of benzene rings is 2. The molecule has 0 saturated carbocycles. The van der Waals surface area contributed by atoms with Crippen LogP contribution in [0.4, 0.5) is 0 Å². The molecule has 2 aromatic rings. The molecule has 0 bridgehead atoms. The zero-order valence-corrected chi connectivity index (χ0v) is 13.9. The average molecular weight is 332 g/mol. The van der Waals surface area contributed by atoms with Gasteiger partial charge in [-0.15, -0.1) is 0 Å². The summed E-state index contributed by atoms with van der Waals surface area (Å²) < 4.78 is 1.14. The number of hydrogen-bond acceptors (Lipinski definition) is 1. The van der Waals surface area contributed by atoms with Gasteiger partial charge in [-0.2, -0.15) is 0 Å². The van der Waals surface area contributed by atoms with Crippen LogP contribution in [-0.4, -0.2) is 13.1 Å². The zero-order valence-electron chi connectivity index (χ0n) is 12.4. The SMILES string of the molecule is CNC(Cc1cccc(Br)c1)C(C)(C)c1ccccc1. The van der Waals surface area contributed by atoms with Crippen LogP contribution >= 0.6 is 15.9 Å². The van der Waals surface area contributed by atoms with E-state index >= 15 is 0 Å². The number of nitrogens with one attached hydrogen (secondary N) is 1. The summed E-state index contributed by atoms with van der Waals surface area (Å²) in [5, 5.41) is 3.49. The third kappa shape index (κ3) is 3.50. The van der Waals surface area contributed by atoms with Crippen LogP contribution < -0.4 is 5.32 Å². The predicted molar refractivity (Wildman–Crippen MR) is 90.2 cm³/mol. The van der Waals surface area contributed by atoms with E-state index in [0.29, 0.717) is 6.04 Å². The minimum absolute atomic E-state index is 0.0817. The molecule has 0 aliphatic carbocycles. The lowest BCUT2D eigenvalue weighted by Gasteiger charge is -2.35. The summed E-state index contributed by atoms with van der Waals surface area (Å²) in [5.74, 6) is 0. The van der Waals surface area contributed by atoms with Gasteiger partial charge in [0.05, 0.1) is 0 Å². The van der Waals surface area contributed by atoms with Crippen LogP contribution in [0.3, 0.4) is 0 Å². The molecule has 2 heteroatoms. The quantitative estimate of drug-likeness (QED) is 0.846. The minimum atomic E-state index is 0.0817. The van der Waals surface area contributed by atoms with Crippen molar-refractivity contribution in [2.24, 2.45) is 0 Å². The van der Waals surface area contributed by atoms with Crippen molar-refractivity contribution in [3.05, 3.63) is 70.2 Å². The lowest BCUT2D eigenvalue weighted by Crippen LogP contribution is -2.44. The molecule has 2 aromatic carbocycles. The molecule has 0 spiro atoms. The highest BCUT2D eigenvalue weighted by Crippen LogP contribution is 2.29. The fraction of sp³-hybridized carbons (Fsp3) is 0.333. The first kappa shape index (κ1) is 15.3. The van der Waals surface area contributed by atoms with Crippen molar-refractivity contribution in [1.29, 1.82) is 0 Å². The Morgan fingerprint density at radius 1 is 1.05 bits per heavy atom. The van der Waals surface area contributed by atoms with Crippen LogP contribution in [0.15, 0.2) is 59.1 Å². The van der Waals surface area contributed by atoms with Gasteiger partial charge in [-0.3, -0.25) is 0 Å². The molecule has 0 aliphatic heterocycles. The fourth-order valence-electron chi connectivity index (χ4n) is 2.69. The summed E-state index contributed by atoms with van der Waals surface area (Å²) >= 11 is 3.55. The van der Waals surface area contributed by atoms with Crippen LogP contribution in [0.1, 0.15) is 25.0 Å².